The zero-order chi connectivity index (χ0) is 22.2. The minimum Gasteiger partial charge on any atom is -0.474 e. The van der Waals surface area contributed by atoms with E-state index in [1.165, 1.54) is 18.0 Å². The van der Waals surface area contributed by atoms with E-state index in [9.17, 15) is 9.90 Å². The Labute approximate surface area is 192 Å². The van der Waals surface area contributed by atoms with E-state index in [-0.39, 0.29) is 12.0 Å². The molecule has 0 radical (unpaired) electrons. The summed E-state index contributed by atoms with van der Waals surface area (Å²) in [5, 5.41) is 11.0. The molecular formula is C23H33N5O3S. The number of hydrogen-bond donors (Lipinski definition) is 2. The highest BCUT2D eigenvalue weighted by Gasteiger charge is 2.34. The van der Waals surface area contributed by atoms with Crippen LogP contribution in [0, 0.1) is 0 Å². The van der Waals surface area contributed by atoms with Crippen molar-refractivity contribution < 1.29 is 14.6 Å². The first-order chi connectivity index (χ1) is 15.5. The number of fused-ring (bicyclic) bond motifs is 3. The minimum atomic E-state index is -1.13. The van der Waals surface area contributed by atoms with Crippen LogP contribution in [-0.4, -0.2) is 82.3 Å². The number of amides is 1. The van der Waals surface area contributed by atoms with Gasteiger partial charge in [0.2, 0.25) is 11.8 Å². The largest absolute Gasteiger partial charge is 0.474 e. The molecular weight excluding hydrogens is 426 g/mol. The molecule has 32 heavy (non-hydrogen) atoms. The summed E-state index contributed by atoms with van der Waals surface area (Å²) in [6.07, 6.45) is 7.23. The number of carbonyl (C=O) groups excluding carboxylic acids is 1. The predicted octanol–water partition coefficient (Wildman–Crippen LogP) is 1.89. The summed E-state index contributed by atoms with van der Waals surface area (Å²) in [6.45, 7) is 4.64. The van der Waals surface area contributed by atoms with Gasteiger partial charge in [0.1, 0.15) is 23.4 Å². The van der Waals surface area contributed by atoms with Gasteiger partial charge < -0.3 is 20.5 Å². The third-order valence-electron chi connectivity index (χ3n) is 7.51. The molecule has 2 aliphatic carbocycles. The van der Waals surface area contributed by atoms with Crippen molar-refractivity contribution in [1.82, 2.24) is 19.8 Å². The quantitative estimate of drug-likeness (QED) is 0.680. The lowest BCUT2D eigenvalue weighted by atomic mass is 9.91. The molecule has 0 aromatic carbocycles. The Hall–Kier alpha value is -1.81. The Bertz CT molecular complexity index is 966. The van der Waals surface area contributed by atoms with Crippen LogP contribution < -0.4 is 10.5 Å². The number of nitrogens with zero attached hydrogens (tertiary/aromatic N) is 4. The average Bonchev–Trinajstić information content (AvgIpc) is 3.35. The smallest absolute Gasteiger partial charge is 0.246 e. The average molecular weight is 460 g/mol. The van der Waals surface area contributed by atoms with Crippen LogP contribution >= 0.6 is 11.3 Å². The van der Waals surface area contributed by atoms with Crippen molar-refractivity contribution >= 4 is 27.5 Å². The van der Waals surface area contributed by atoms with E-state index in [4.69, 9.17) is 10.5 Å². The van der Waals surface area contributed by atoms with Gasteiger partial charge in [0, 0.05) is 37.1 Å². The number of ether oxygens (including phenoxy) is 1. The fraction of sp³-hybridized carbons (Fsp3) is 0.696. The van der Waals surface area contributed by atoms with Gasteiger partial charge in [-0.15, -0.1) is 11.3 Å². The SMILES string of the molecule is CN1CCN([C@H]2CC[C@H](Oc3ncnc4sc5c(c34)[C@@H](C[C@@H](O)C(N)=O)CC5)CC2)CC1. The second-order valence-electron chi connectivity index (χ2n) is 9.57. The van der Waals surface area contributed by atoms with Gasteiger partial charge in [-0.3, -0.25) is 9.69 Å². The van der Waals surface area contributed by atoms with Crippen LogP contribution in [0.3, 0.4) is 0 Å². The van der Waals surface area contributed by atoms with Crippen LogP contribution in [0.1, 0.15) is 54.9 Å². The highest BCUT2D eigenvalue weighted by molar-refractivity contribution is 7.19. The van der Waals surface area contributed by atoms with Crippen molar-refractivity contribution in [2.75, 3.05) is 33.2 Å². The highest BCUT2D eigenvalue weighted by Crippen LogP contribution is 2.47. The Kier molecular flexibility index (Phi) is 6.33. The third kappa shape index (κ3) is 4.35. The number of piperazine rings is 1. The first-order valence-corrected chi connectivity index (χ1v) is 12.6. The molecule has 0 bridgehead atoms. The van der Waals surface area contributed by atoms with E-state index in [1.807, 2.05) is 0 Å². The summed E-state index contributed by atoms with van der Waals surface area (Å²) >= 11 is 1.68. The maximum Gasteiger partial charge on any atom is 0.246 e. The fourth-order valence-corrected chi connectivity index (χ4v) is 6.86. The molecule has 2 aromatic rings. The Morgan fingerprint density at radius 1 is 1.22 bits per heavy atom. The zero-order valence-corrected chi connectivity index (χ0v) is 19.5. The number of nitrogens with two attached hydrogens (primary N) is 1. The molecule has 8 nitrogen and oxygen atoms in total. The highest BCUT2D eigenvalue weighted by atomic mass is 32.1. The van der Waals surface area contributed by atoms with Crippen LogP contribution in [0.4, 0.5) is 0 Å². The molecule has 1 saturated carbocycles. The van der Waals surface area contributed by atoms with E-state index >= 15 is 0 Å². The fourth-order valence-electron chi connectivity index (χ4n) is 5.62. The normalized spacial score (nSPS) is 28.0. The van der Waals surface area contributed by atoms with E-state index in [1.54, 1.807) is 17.7 Å². The van der Waals surface area contributed by atoms with Gasteiger partial charge >= 0.3 is 0 Å². The zero-order valence-electron chi connectivity index (χ0n) is 18.7. The van der Waals surface area contributed by atoms with Crippen molar-refractivity contribution in [3.63, 3.8) is 0 Å². The van der Waals surface area contributed by atoms with Crippen LogP contribution in [0.15, 0.2) is 6.33 Å². The van der Waals surface area contributed by atoms with E-state index in [0.717, 1.165) is 67.4 Å². The lowest BCUT2D eigenvalue weighted by Crippen LogP contribution is -2.50. The van der Waals surface area contributed by atoms with Gasteiger partial charge in [0.05, 0.1) is 5.39 Å². The minimum absolute atomic E-state index is 0.0857. The number of carbonyl (C=O) groups is 1. The van der Waals surface area contributed by atoms with Gasteiger partial charge in [-0.1, -0.05) is 0 Å². The summed E-state index contributed by atoms with van der Waals surface area (Å²) in [5.74, 6) is 0.0846. The van der Waals surface area contributed by atoms with Crippen molar-refractivity contribution in [2.24, 2.45) is 5.73 Å². The molecule has 174 valence electrons. The number of aliphatic hydroxyl groups is 1. The molecule has 1 amide bonds. The van der Waals surface area contributed by atoms with Crippen molar-refractivity contribution in [1.29, 1.82) is 0 Å². The standard InChI is InChI=1S/C23H33N5O3S/c1-27-8-10-28(11-9-27)15-3-5-16(6-4-15)31-22-20-19-14(12-17(29)21(24)30)2-7-18(19)32-23(20)26-13-25-22/h13-17,29H,2-12H2,1H3,(H2,24,30)/t14-,15-,16-,17-/m1/s1. The maximum absolute atomic E-state index is 11.4. The number of thiophene rings is 1. The van der Waals surface area contributed by atoms with Crippen LogP contribution in [0.25, 0.3) is 10.2 Å². The van der Waals surface area contributed by atoms with Gasteiger partial charge in [0.15, 0.2) is 0 Å². The molecule has 5 rings (SSSR count). The van der Waals surface area contributed by atoms with Gasteiger partial charge in [-0.05, 0) is 63.5 Å². The summed E-state index contributed by atoms with van der Waals surface area (Å²) < 4.78 is 6.48. The van der Waals surface area contributed by atoms with E-state index in [0.29, 0.717) is 18.3 Å². The molecule has 9 heteroatoms. The van der Waals surface area contributed by atoms with E-state index in [2.05, 4.69) is 26.8 Å². The second kappa shape index (κ2) is 9.21. The summed E-state index contributed by atoms with van der Waals surface area (Å²) in [5.41, 5.74) is 6.47. The number of likely N-dealkylation sites (N-methyl/N-ethyl adjacent to an activating group) is 1. The molecule has 3 aliphatic rings. The van der Waals surface area contributed by atoms with Gasteiger partial charge in [-0.2, -0.15) is 0 Å². The lowest BCUT2D eigenvalue weighted by molar-refractivity contribution is -0.126. The lowest BCUT2D eigenvalue weighted by Gasteiger charge is -2.41. The molecule has 0 spiro atoms. The van der Waals surface area contributed by atoms with Crippen LogP contribution in [0.2, 0.25) is 0 Å². The van der Waals surface area contributed by atoms with Crippen LogP contribution in [-0.2, 0) is 11.2 Å². The topological polar surface area (TPSA) is 105 Å². The number of aliphatic hydroxyl groups excluding tert-OH is 1. The molecule has 2 aromatic heterocycles. The van der Waals surface area contributed by atoms with Gasteiger partial charge in [0.25, 0.3) is 0 Å². The van der Waals surface area contributed by atoms with E-state index < -0.39 is 12.0 Å². The molecule has 3 N–H and O–H groups in total. The number of rotatable bonds is 6. The Balaban J connectivity index is 1.29. The van der Waals surface area contributed by atoms with Crippen molar-refractivity contribution in [2.45, 2.75) is 69.1 Å². The molecule has 2 fully saturated rings. The number of primary amides is 1. The van der Waals surface area contributed by atoms with Gasteiger partial charge in [-0.25, -0.2) is 9.97 Å². The first kappa shape index (κ1) is 22.0. The first-order valence-electron chi connectivity index (χ1n) is 11.8. The Morgan fingerprint density at radius 3 is 2.69 bits per heavy atom. The molecule has 1 saturated heterocycles. The third-order valence-corrected chi connectivity index (χ3v) is 8.68. The monoisotopic (exact) mass is 459 g/mol. The molecule has 1 aliphatic heterocycles. The van der Waals surface area contributed by atoms with Crippen molar-refractivity contribution in [3.8, 4) is 5.88 Å². The predicted molar refractivity (Wildman–Crippen MR) is 124 cm³/mol. The number of hydrogen-bond acceptors (Lipinski definition) is 8. The molecule has 3 heterocycles. The maximum atomic E-state index is 11.4. The molecule has 0 unspecified atom stereocenters. The van der Waals surface area contributed by atoms with Crippen LogP contribution in [0.5, 0.6) is 5.88 Å². The van der Waals surface area contributed by atoms with Crippen molar-refractivity contribution in [3.05, 3.63) is 16.8 Å². The summed E-state index contributed by atoms with van der Waals surface area (Å²) in [6, 6.07) is 0.666. The summed E-state index contributed by atoms with van der Waals surface area (Å²) in [4.78, 5) is 27.7. The number of aromatic nitrogens is 2. The number of aryl methyl sites for hydroxylation is 1. The molecule has 2 atom stereocenters. The Morgan fingerprint density at radius 2 is 1.97 bits per heavy atom. The second-order valence-corrected chi connectivity index (χ2v) is 10.7. The summed E-state index contributed by atoms with van der Waals surface area (Å²) in [7, 11) is 2.20.